The zero-order valence-electron chi connectivity index (χ0n) is 12.6. The Morgan fingerprint density at radius 1 is 1.04 bits per heavy atom. The topological polar surface area (TPSA) is 107 Å². The van der Waals surface area contributed by atoms with E-state index in [1.807, 2.05) is 30.3 Å². The van der Waals surface area contributed by atoms with Gasteiger partial charge in [0.15, 0.2) is 0 Å². The summed E-state index contributed by atoms with van der Waals surface area (Å²) in [6.45, 7) is 0. The minimum atomic E-state index is -0.466. The number of benzene rings is 2. The van der Waals surface area contributed by atoms with Gasteiger partial charge < -0.3 is 0 Å². The van der Waals surface area contributed by atoms with Crippen LogP contribution in [0.25, 0.3) is 22.4 Å². The van der Waals surface area contributed by atoms with Gasteiger partial charge in [-0.2, -0.15) is 5.26 Å². The molecule has 1 heterocycles. The summed E-state index contributed by atoms with van der Waals surface area (Å²) in [7, 11) is 0. The maximum Gasteiger partial charge on any atom is 0.289 e. The third-order valence-corrected chi connectivity index (χ3v) is 3.66. The van der Waals surface area contributed by atoms with Crippen molar-refractivity contribution in [2.75, 3.05) is 5.73 Å². The van der Waals surface area contributed by atoms with Gasteiger partial charge in [-0.25, -0.2) is 4.98 Å². The van der Waals surface area contributed by atoms with Gasteiger partial charge in [-0.3, -0.25) is 15.8 Å². The number of anilines is 1. The van der Waals surface area contributed by atoms with Crippen LogP contribution in [-0.4, -0.2) is 4.92 Å². The van der Waals surface area contributed by atoms with Gasteiger partial charge in [-0.15, -0.1) is 0 Å². The fourth-order valence-corrected chi connectivity index (χ4v) is 2.51. The average molecular weight is 317 g/mol. The number of nitrogens with two attached hydrogens (primary N) is 1. The van der Waals surface area contributed by atoms with Gasteiger partial charge in [0.05, 0.1) is 4.92 Å². The van der Waals surface area contributed by atoms with E-state index in [0.29, 0.717) is 11.1 Å². The molecule has 0 saturated carbocycles. The molecule has 116 valence electrons. The third-order valence-electron chi connectivity index (χ3n) is 3.66. The highest BCUT2D eigenvalue weighted by Crippen LogP contribution is 2.30. The first-order valence-corrected chi connectivity index (χ1v) is 7.16. The molecule has 0 amide bonds. The molecule has 3 aromatic rings. The van der Waals surface area contributed by atoms with Crippen LogP contribution in [0.1, 0.15) is 5.56 Å². The number of hydrogen-bond acceptors (Lipinski definition) is 4. The van der Waals surface area contributed by atoms with Crippen molar-refractivity contribution in [3.63, 3.8) is 0 Å². The quantitative estimate of drug-likeness (QED) is 0.591. The first-order chi connectivity index (χ1) is 11.6. The summed E-state index contributed by atoms with van der Waals surface area (Å²) in [6, 6.07) is 19.5. The van der Waals surface area contributed by atoms with Crippen molar-refractivity contribution in [1.82, 2.24) is 0 Å². The van der Waals surface area contributed by atoms with Crippen LogP contribution in [0, 0.1) is 21.4 Å². The van der Waals surface area contributed by atoms with Crippen LogP contribution in [0.15, 0.2) is 60.7 Å². The molecule has 1 aromatic heterocycles. The lowest BCUT2D eigenvalue weighted by Gasteiger charge is -2.07. The Labute approximate surface area is 138 Å². The van der Waals surface area contributed by atoms with Crippen molar-refractivity contribution in [2.24, 2.45) is 0 Å². The Morgan fingerprint density at radius 2 is 1.75 bits per heavy atom. The summed E-state index contributed by atoms with van der Waals surface area (Å²) in [5.41, 5.74) is 8.97. The highest BCUT2D eigenvalue weighted by Gasteiger charge is 2.18. The minimum Gasteiger partial charge on any atom is -0.286 e. The SMILES string of the molecule is N#Cc1c(-c2cccc([N+](=O)[O-])c2)cc(-c2ccccc2)[nH+]c1N. The molecule has 0 fully saturated rings. The van der Waals surface area contributed by atoms with E-state index in [0.717, 1.165) is 11.3 Å². The monoisotopic (exact) mass is 317 g/mol. The molecule has 0 radical (unpaired) electrons. The molecule has 0 aliphatic carbocycles. The maximum atomic E-state index is 11.0. The number of non-ortho nitro benzene ring substituents is 1. The number of pyridine rings is 1. The Morgan fingerprint density at radius 3 is 2.42 bits per heavy atom. The van der Waals surface area contributed by atoms with Gasteiger partial charge in [-0.1, -0.05) is 42.5 Å². The van der Waals surface area contributed by atoms with E-state index in [9.17, 15) is 15.4 Å². The first kappa shape index (κ1) is 15.2. The molecule has 0 unspecified atom stereocenters. The van der Waals surface area contributed by atoms with Crippen molar-refractivity contribution < 1.29 is 9.91 Å². The molecule has 0 aliphatic rings. The summed E-state index contributed by atoms with van der Waals surface area (Å²) in [5.74, 6) is 0.223. The molecule has 3 rings (SSSR count). The summed E-state index contributed by atoms with van der Waals surface area (Å²) in [6.07, 6.45) is 0. The van der Waals surface area contributed by atoms with E-state index in [1.165, 1.54) is 12.1 Å². The highest BCUT2D eigenvalue weighted by molar-refractivity contribution is 5.78. The maximum absolute atomic E-state index is 11.0. The number of nitrogen functional groups attached to an aromatic ring is 1. The number of nitriles is 1. The molecule has 0 spiro atoms. The van der Waals surface area contributed by atoms with E-state index in [1.54, 1.807) is 18.2 Å². The summed E-state index contributed by atoms with van der Waals surface area (Å²) >= 11 is 0. The molecule has 6 nitrogen and oxygen atoms in total. The van der Waals surface area contributed by atoms with E-state index >= 15 is 0 Å². The zero-order chi connectivity index (χ0) is 17.1. The Kier molecular flexibility index (Phi) is 3.91. The molecule has 3 N–H and O–H groups in total. The highest BCUT2D eigenvalue weighted by atomic mass is 16.6. The van der Waals surface area contributed by atoms with Gasteiger partial charge in [0, 0.05) is 23.3 Å². The van der Waals surface area contributed by atoms with Gasteiger partial charge in [0.25, 0.3) is 11.5 Å². The fraction of sp³-hybridized carbons (Fsp3) is 0. The van der Waals surface area contributed by atoms with Crippen LogP contribution < -0.4 is 10.7 Å². The largest absolute Gasteiger partial charge is 0.289 e. The van der Waals surface area contributed by atoms with E-state index < -0.39 is 4.92 Å². The first-order valence-electron chi connectivity index (χ1n) is 7.16. The van der Waals surface area contributed by atoms with Gasteiger partial charge in [0.2, 0.25) is 0 Å². The van der Waals surface area contributed by atoms with Crippen LogP contribution in [0.3, 0.4) is 0 Å². The molecular formula is C18H13N4O2+. The lowest BCUT2D eigenvalue weighted by Crippen LogP contribution is -2.16. The number of rotatable bonds is 3. The van der Waals surface area contributed by atoms with Crippen LogP contribution >= 0.6 is 0 Å². The third kappa shape index (κ3) is 2.78. The molecule has 6 heteroatoms. The van der Waals surface area contributed by atoms with Crippen molar-refractivity contribution in [3.8, 4) is 28.5 Å². The summed E-state index contributed by atoms with van der Waals surface area (Å²) in [4.78, 5) is 13.5. The second kappa shape index (κ2) is 6.18. The van der Waals surface area contributed by atoms with Gasteiger partial charge >= 0.3 is 0 Å². The number of aromatic nitrogens is 1. The molecule has 0 atom stereocenters. The fourth-order valence-electron chi connectivity index (χ4n) is 2.51. The number of nitrogens with zero attached hydrogens (tertiary/aromatic N) is 2. The van der Waals surface area contributed by atoms with E-state index in [4.69, 9.17) is 5.73 Å². The molecule has 0 saturated heterocycles. The molecule has 2 aromatic carbocycles. The Hall–Kier alpha value is -3.72. The Balaban J connectivity index is 2.23. The van der Waals surface area contributed by atoms with Crippen LogP contribution in [0.2, 0.25) is 0 Å². The second-order valence-electron chi connectivity index (χ2n) is 5.17. The molecular weight excluding hydrogens is 304 g/mol. The predicted molar refractivity (Wildman–Crippen MR) is 89.7 cm³/mol. The molecule has 0 aliphatic heterocycles. The summed E-state index contributed by atoms with van der Waals surface area (Å²) in [5, 5.41) is 20.4. The summed E-state index contributed by atoms with van der Waals surface area (Å²) < 4.78 is 0. The van der Waals surface area contributed by atoms with Crippen molar-refractivity contribution in [3.05, 3.63) is 76.3 Å². The standard InChI is InChI=1S/C18H12N4O2/c19-11-16-15(13-7-4-8-14(9-13)22(23)24)10-17(21-18(16)20)12-5-2-1-3-6-12/h1-10H,(H2,20,21)/p+1. The van der Waals surface area contributed by atoms with Crippen LogP contribution in [0.5, 0.6) is 0 Å². The van der Waals surface area contributed by atoms with Crippen molar-refractivity contribution >= 4 is 11.5 Å². The van der Waals surface area contributed by atoms with Gasteiger partial charge in [0.1, 0.15) is 17.3 Å². The van der Waals surface area contributed by atoms with Crippen LogP contribution in [0.4, 0.5) is 11.5 Å². The number of nitro benzene ring substituents is 1. The van der Waals surface area contributed by atoms with Crippen molar-refractivity contribution in [2.45, 2.75) is 0 Å². The number of aromatic amines is 1. The van der Waals surface area contributed by atoms with Gasteiger partial charge in [-0.05, 0) is 11.6 Å². The predicted octanol–water partition coefficient (Wildman–Crippen LogP) is 3.20. The lowest BCUT2D eigenvalue weighted by molar-refractivity contribution is -0.384. The smallest absolute Gasteiger partial charge is 0.286 e. The normalized spacial score (nSPS) is 10.1. The lowest BCUT2D eigenvalue weighted by atomic mass is 9.98. The molecule has 0 bridgehead atoms. The molecule has 24 heavy (non-hydrogen) atoms. The van der Waals surface area contributed by atoms with E-state index in [-0.39, 0.29) is 17.1 Å². The number of nitro groups is 1. The number of H-pyrrole nitrogens is 1. The van der Waals surface area contributed by atoms with Crippen LogP contribution in [-0.2, 0) is 0 Å². The Bertz CT molecular complexity index is 962. The minimum absolute atomic E-state index is 0.0379. The van der Waals surface area contributed by atoms with E-state index in [2.05, 4.69) is 11.1 Å². The average Bonchev–Trinajstić information content (AvgIpc) is 2.62. The number of nitrogens with one attached hydrogen (secondary N) is 1. The number of hydrogen-bond donors (Lipinski definition) is 1. The van der Waals surface area contributed by atoms with Crippen molar-refractivity contribution in [1.29, 1.82) is 5.26 Å². The second-order valence-corrected chi connectivity index (χ2v) is 5.17. The zero-order valence-corrected chi connectivity index (χ0v) is 12.6.